The molecule has 1 atom stereocenters. The number of carbonyl (C=O) groups is 2. The molecule has 2 saturated heterocycles. The van der Waals surface area contributed by atoms with E-state index in [1.54, 1.807) is 0 Å². The highest BCUT2D eigenvalue weighted by atomic mass is 32.2. The molecule has 9 nitrogen and oxygen atoms in total. The molecule has 2 aliphatic heterocycles. The van der Waals surface area contributed by atoms with Crippen molar-refractivity contribution in [3.63, 3.8) is 0 Å². The zero-order valence-corrected chi connectivity index (χ0v) is 19.2. The van der Waals surface area contributed by atoms with E-state index >= 15 is 0 Å². The van der Waals surface area contributed by atoms with Gasteiger partial charge in [0.2, 0.25) is 10.0 Å². The average molecular weight is 473 g/mol. The first-order valence-electron chi connectivity index (χ1n) is 10.3. The predicted molar refractivity (Wildman–Crippen MR) is 114 cm³/mol. The molecule has 31 heavy (non-hydrogen) atoms. The van der Waals surface area contributed by atoms with Crippen LogP contribution in [0.5, 0.6) is 0 Å². The van der Waals surface area contributed by atoms with Gasteiger partial charge < -0.3 is 9.64 Å². The van der Waals surface area contributed by atoms with Crippen LogP contribution in [0.1, 0.15) is 42.5 Å². The van der Waals surface area contributed by atoms with Crippen molar-refractivity contribution in [1.82, 2.24) is 9.21 Å². The number of nitrogens with zero attached hydrogens (tertiary/aromatic N) is 2. The summed E-state index contributed by atoms with van der Waals surface area (Å²) in [6.45, 7) is 0.360. The smallest absolute Gasteiger partial charge is 0.338 e. The molecule has 11 heteroatoms. The summed E-state index contributed by atoms with van der Waals surface area (Å²) in [5.74, 6) is -1.38. The second-order valence-corrected chi connectivity index (χ2v) is 12.2. The third kappa shape index (κ3) is 5.83. The van der Waals surface area contributed by atoms with Crippen LogP contribution in [0.15, 0.2) is 29.2 Å². The summed E-state index contributed by atoms with van der Waals surface area (Å²) in [7, 11) is -5.37. The maximum Gasteiger partial charge on any atom is 0.338 e. The van der Waals surface area contributed by atoms with Crippen molar-refractivity contribution in [2.24, 2.45) is 0 Å². The van der Waals surface area contributed by atoms with Gasteiger partial charge in [-0.1, -0.05) is 18.9 Å². The number of carbonyl (C=O) groups excluding carboxylic acids is 2. The minimum atomic E-state index is -3.71. The molecule has 2 heterocycles. The summed E-state index contributed by atoms with van der Waals surface area (Å²) in [6, 6.07) is 5.18. The van der Waals surface area contributed by atoms with Gasteiger partial charge in [0.25, 0.3) is 5.91 Å². The SMILES string of the molecule is CN(C(=O)COC(=O)c1cccc(S(=O)(=O)N2CCCCCC2)c1)[C@@H]1CCS(=O)(=O)C1. The molecule has 0 bridgehead atoms. The molecule has 0 aromatic heterocycles. The van der Waals surface area contributed by atoms with Gasteiger partial charge in [0.15, 0.2) is 16.4 Å². The Morgan fingerprint density at radius 1 is 1.16 bits per heavy atom. The fraction of sp³-hybridized carbons (Fsp3) is 0.600. The number of sulfone groups is 1. The van der Waals surface area contributed by atoms with E-state index in [1.807, 2.05) is 0 Å². The Hall–Kier alpha value is -1.98. The highest BCUT2D eigenvalue weighted by Gasteiger charge is 2.33. The van der Waals surface area contributed by atoms with Gasteiger partial charge >= 0.3 is 5.97 Å². The molecule has 0 saturated carbocycles. The van der Waals surface area contributed by atoms with Crippen LogP contribution in [0, 0.1) is 0 Å². The summed E-state index contributed by atoms with van der Waals surface area (Å²) in [6.07, 6.45) is 3.95. The molecule has 2 aliphatic rings. The summed E-state index contributed by atoms with van der Waals surface area (Å²) >= 11 is 0. The normalized spacial score (nSPS) is 21.9. The highest BCUT2D eigenvalue weighted by molar-refractivity contribution is 7.91. The summed E-state index contributed by atoms with van der Waals surface area (Å²) in [4.78, 5) is 26.0. The number of rotatable bonds is 6. The van der Waals surface area contributed by atoms with Crippen molar-refractivity contribution in [3.05, 3.63) is 29.8 Å². The third-order valence-corrected chi connectivity index (χ3v) is 9.39. The number of ether oxygens (including phenoxy) is 1. The standard InChI is InChI=1S/C20H28N2O7S2/c1-21(17-9-12-30(25,26)15-17)19(23)14-29-20(24)16-7-6-8-18(13-16)31(27,28)22-10-4-2-3-5-11-22/h6-8,13,17H,2-5,9-12,14-15H2,1H3/t17-/m1/s1. The molecule has 2 fully saturated rings. The maximum absolute atomic E-state index is 12.9. The number of hydrogen-bond donors (Lipinski definition) is 0. The third-order valence-electron chi connectivity index (χ3n) is 5.75. The molecule has 172 valence electrons. The number of sulfonamides is 1. The van der Waals surface area contributed by atoms with E-state index < -0.39 is 44.4 Å². The van der Waals surface area contributed by atoms with Crippen LogP contribution in [0.2, 0.25) is 0 Å². The van der Waals surface area contributed by atoms with E-state index in [0.717, 1.165) is 25.7 Å². The summed E-state index contributed by atoms with van der Waals surface area (Å²) in [5, 5.41) is 0. The highest BCUT2D eigenvalue weighted by Crippen LogP contribution is 2.21. The second-order valence-electron chi connectivity index (χ2n) is 7.98. The average Bonchev–Trinajstić information content (AvgIpc) is 2.94. The fourth-order valence-electron chi connectivity index (χ4n) is 3.81. The number of likely N-dealkylation sites (N-methyl/N-ethyl adjacent to an activating group) is 1. The zero-order chi connectivity index (χ0) is 22.6. The van der Waals surface area contributed by atoms with E-state index in [4.69, 9.17) is 4.74 Å². The molecule has 0 unspecified atom stereocenters. The monoisotopic (exact) mass is 472 g/mol. The molecule has 1 aromatic carbocycles. The van der Waals surface area contributed by atoms with Crippen molar-refractivity contribution < 1.29 is 31.2 Å². The molecule has 1 aromatic rings. The van der Waals surface area contributed by atoms with Crippen LogP contribution in [-0.4, -0.2) is 82.2 Å². The van der Waals surface area contributed by atoms with Gasteiger partial charge in [0.05, 0.1) is 22.0 Å². The lowest BCUT2D eigenvalue weighted by Crippen LogP contribution is -2.40. The van der Waals surface area contributed by atoms with Crippen LogP contribution in [0.3, 0.4) is 0 Å². The largest absolute Gasteiger partial charge is 0.452 e. The molecule has 0 radical (unpaired) electrons. The van der Waals surface area contributed by atoms with Crippen LogP contribution in [-0.2, 0) is 29.4 Å². The molecule has 0 N–H and O–H groups in total. The van der Waals surface area contributed by atoms with Gasteiger partial charge in [-0.05, 0) is 37.5 Å². The van der Waals surface area contributed by atoms with Crippen LogP contribution in [0.4, 0.5) is 0 Å². The summed E-state index contributed by atoms with van der Waals surface area (Å²) < 4.78 is 55.6. The molecule has 3 rings (SSSR count). The minimum absolute atomic E-state index is 0.0171. The number of hydrogen-bond acceptors (Lipinski definition) is 7. The van der Waals surface area contributed by atoms with Gasteiger partial charge in [-0.2, -0.15) is 4.31 Å². The molecule has 1 amide bonds. The van der Waals surface area contributed by atoms with Crippen molar-refractivity contribution in [3.8, 4) is 0 Å². The topological polar surface area (TPSA) is 118 Å². The van der Waals surface area contributed by atoms with Gasteiger partial charge in [0.1, 0.15) is 0 Å². The van der Waals surface area contributed by atoms with Crippen LogP contribution in [0.25, 0.3) is 0 Å². The number of benzene rings is 1. The quantitative estimate of drug-likeness (QED) is 0.568. The maximum atomic E-state index is 12.9. The lowest BCUT2D eigenvalue weighted by atomic mass is 10.2. The Morgan fingerprint density at radius 2 is 1.84 bits per heavy atom. The number of amides is 1. The first-order chi connectivity index (χ1) is 14.6. The second kappa shape index (κ2) is 9.66. The molecular formula is C20H28N2O7S2. The predicted octanol–water partition coefficient (Wildman–Crippen LogP) is 1.05. The van der Waals surface area contributed by atoms with E-state index in [-0.39, 0.29) is 22.0 Å². The molecule has 0 aliphatic carbocycles. The fourth-order valence-corrected chi connectivity index (χ4v) is 7.15. The van der Waals surface area contributed by atoms with Crippen molar-refractivity contribution in [1.29, 1.82) is 0 Å². The van der Waals surface area contributed by atoms with Crippen molar-refractivity contribution >= 4 is 31.7 Å². The minimum Gasteiger partial charge on any atom is -0.452 e. The number of esters is 1. The Balaban J connectivity index is 1.63. The van der Waals surface area contributed by atoms with Gasteiger partial charge in [0, 0.05) is 26.2 Å². The lowest BCUT2D eigenvalue weighted by Gasteiger charge is -2.23. The summed E-state index contributed by atoms with van der Waals surface area (Å²) in [5.41, 5.74) is 0.0368. The van der Waals surface area contributed by atoms with Crippen molar-refractivity contribution in [2.45, 2.75) is 43.0 Å². The lowest BCUT2D eigenvalue weighted by molar-refractivity contribution is -0.134. The van der Waals surface area contributed by atoms with E-state index in [9.17, 15) is 26.4 Å². The Bertz CT molecular complexity index is 1030. The van der Waals surface area contributed by atoms with Gasteiger partial charge in [-0.25, -0.2) is 21.6 Å². The van der Waals surface area contributed by atoms with Gasteiger partial charge in [-0.15, -0.1) is 0 Å². The van der Waals surface area contributed by atoms with E-state index in [0.29, 0.717) is 19.5 Å². The van der Waals surface area contributed by atoms with E-state index in [1.165, 1.54) is 40.5 Å². The van der Waals surface area contributed by atoms with Crippen molar-refractivity contribution in [2.75, 3.05) is 38.2 Å². The first-order valence-corrected chi connectivity index (χ1v) is 13.6. The Morgan fingerprint density at radius 3 is 2.45 bits per heavy atom. The Kier molecular flexibility index (Phi) is 7.38. The molecular weight excluding hydrogens is 444 g/mol. The van der Waals surface area contributed by atoms with Crippen LogP contribution >= 0.6 is 0 Å². The van der Waals surface area contributed by atoms with Crippen LogP contribution < -0.4 is 0 Å². The van der Waals surface area contributed by atoms with Gasteiger partial charge in [-0.3, -0.25) is 4.79 Å². The zero-order valence-electron chi connectivity index (χ0n) is 17.5. The molecule has 0 spiro atoms. The Labute approximate surface area is 183 Å². The van der Waals surface area contributed by atoms with E-state index in [2.05, 4.69) is 0 Å². The first kappa shape index (κ1) is 23.7.